The zero-order valence-electron chi connectivity index (χ0n) is 22.3. The molecule has 10 heteroatoms. The predicted molar refractivity (Wildman–Crippen MR) is 142 cm³/mol. The molecule has 9 nitrogen and oxygen atoms in total. The van der Waals surface area contributed by atoms with E-state index in [1.165, 1.54) is 69.9 Å². The minimum atomic E-state index is -4.01. The van der Waals surface area contributed by atoms with Crippen LogP contribution in [0.5, 0.6) is 0 Å². The Morgan fingerprint density at radius 2 is 1.14 bits per heavy atom. The molecule has 0 spiro atoms. The number of aliphatic hydroxyl groups is 4. The van der Waals surface area contributed by atoms with Crippen LogP contribution in [0, 0.1) is 0 Å². The van der Waals surface area contributed by atoms with Crippen molar-refractivity contribution in [2.45, 2.75) is 101 Å². The Morgan fingerprint density at radius 1 is 0.676 bits per heavy atom. The van der Waals surface area contributed by atoms with Gasteiger partial charge in [0.15, 0.2) is 0 Å². The van der Waals surface area contributed by atoms with E-state index in [1.54, 1.807) is 12.1 Å². The van der Waals surface area contributed by atoms with Gasteiger partial charge >= 0.3 is 0 Å². The van der Waals surface area contributed by atoms with Crippen molar-refractivity contribution < 1.29 is 42.5 Å². The average Bonchev–Trinajstić information content (AvgIpc) is 2.88. The van der Waals surface area contributed by atoms with Crippen LogP contribution < -0.4 is 0 Å². The fourth-order valence-corrected chi connectivity index (χ4v) is 4.65. The summed E-state index contributed by atoms with van der Waals surface area (Å²) in [6.07, 6.45) is 10.4. The molecule has 1 aromatic carbocycles. The van der Waals surface area contributed by atoms with Gasteiger partial charge in [-0.15, -0.1) is 0 Å². The van der Waals surface area contributed by atoms with Crippen molar-refractivity contribution in [3.05, 3.63) is 29.8 Å². The van der Waals surface area contributed by atoms with Crippen LogP contribution in [0.4, 0.5) is 0 Å². The molecule has 3 unspecified atom stereocenters. The van der Waals surface area contributed by atoms with Crippen molar-refractivity contribution in [2.24, 2.45) is 0 Å². The van der Waals surface area contributed by atoms with Crippen molar-refractivity contribution in [1.82, 2.24) is 0 Å². The molecule has 0 fully saturated rings. The highest BCUT2D eigenvalue weighted by Crippen LogP contribution is 2.16. The molecule has 0 saturated carbocycles. The molecule has 0 aliphatic heterocycles. The lowest BCUT2D eigenvalue weighted by atomic mass is 10.0. The number of hydrogen-bond acceptors (Lipinski definition) is 9. The van der Waals surface area contributed by atoms with Gasteiger partial charge < -0.3 is 29.9 Å². The van der Waals surface area contributed by atoms with Gasteiger partial charge in [0.05, 0.1) is 44.5 Å². The third-order valence-electron chi connectivity index (χ3n) is 5.90. The Kier molecular flexibility index (Phi) is 19.1. The second-order valence-electron chi connectivity index (χ2n) is 9.53. The molecule has 0 aliphatic rings. The Morgan fingerprint density at radius 3 is 1.65 bits per heavy atom. The van der Waals surface area contributed by atoms with Crippen molar-refractivity contribution in [3.63, 3.8) is 0 Å². The lowest BCUT2D eigenvalue weighted by Crippen LogP contribution is -2.29. The van der Waals surface area contributed by atoms with E-state index in [0.29, 0.717) is 0 Å². The second-order valence-corrected chi connectivity index (χ2v) is 11.1. The Balaban J connectivity index is 2.20. The number of hydrogen-bond donors (Lipinski definition) is 4. The van der Waals surface area contributed by atoms with E-state index in [4.69, 9.17) is 23.9 Å². The maximum Gasteiger partial charge on any atom is 0.297 e. The van der Waals surface area contributed by atoms with Crippen LogP contribution >= 0.6 is 0 Å². The number of ether oxygens (including phenoxy) is 2. The molecule has 216 valence electrons. The summed E-state index contributed by atoms with van der Waals surface area (Å²) in [5, 5.41) is 37.5. The van der Waals surface area contributed by atoms with Gasteiger partial charge in [0, 0.05) is 0 Å². The highest BCUT2D eigenvalue weighted by molar-refractivity contribution is 7.86. The number of rotatable bonds is 24. The van der Waals surface area contributed by atoms with Crippen molar-refractivity contribution in [1.29, 1.82) is 0 Å². The molecule has 0 aliphatic carbocycles. The van der Waals surface area contributed by atoms with E-state index in [9.17, 15) is 18.6 Å². The molecule has 4 N–H and O–H groups in total. The average molecular weight is 549 g/mol. The lowest BCUT2D eigenvalue weighted by molar-refractivity contribution is -0.0614. The van der Waals surface area contributed by atoms with Crippen molar-refractivity contribution in [2.75, 3.05) is 39.6 Å². The van der Waals surface area contributed by atoms with Gasteiger partial charge in [0.25, 0.3) is 10.1 Å². The smallest absolute Gasteiger partial charge is 0.297 e. The highest BCUT2D eigenvalue weighted by atomic mass is 32.2. The van der Waals surface area contributed by atoms with E-state index >= 15 is 0 Å². The molecule has 0 saturated heterocycles. The molecule has 0 amide bonds. The van der Waals surface area contributed by atoms with E-state index < -0.39 is 41.6 Å². The molecule has 0 radical (unpaired) electrons. The standard InChI is InChI=1S/C27H48O9S/c1-2-3-4-5-6-7-8-9-10-11-12-23-13-15-27(16-14-23)37(32,33)36-22-26(31)21-35-20-25(30)19-34-18-24(29)17-28/h13-16,24-26,28-31H,2-12,17-22H2,1H3. The van der Waals surface area contributed by atoms with Crippen LogP contribution in [0.15, 0.2) is 29.2 Å². The summed E-state index contributed by atoms with van der Waals surface area (Å²) < 4.78 is 39.9. The summed E-state index contributed by atoms with van der Waals surface area (Å²) in [6, 6.07) is 6.64. The number of aliphatic hydroxyl groups excluding tert-OH is 4. The minimum Gasteiger partial charge on any atom is -0.394 e. The first-order chi connectivity index (χ1) is 17.8. The van der Waals surface area contributed by atoms with Crippen molar-refractivity contribution >= 4 is 10.1 Å². The summed E-state index contributed by atoms with van der Waals surface area (Å²) in [6.45, 7) is 0.693. The Labute approximate surface area is 222 Å². The Bertz CT molecular complexity index is 771. The van der Waals surface area contributed by atoms with E-state index in [1.807, 2.05) is 0 Å². The van der Waals surface area contributed by atoms with E-state index in [2.05, 4.69) is 6.92 Å². The SMILES string of the molecule is CCCCCCCCCCCCc1ccc(S(=O)(=O)OCC(O)COCC(O)COCC(O)CO)cc1. The van der Waals surface area contributed by atoms with Gasteiger partial charge in [-0.05, 0) is 30.5 Å². The molecular formula is C27H48O9S. The van der Waals surface area contributed by atoms with E-state index in [0.717, 1.165) is 18.4 Å². The maximum atomic E-state index is 12.4. The third kappa shape index (κ3) is 17.2. The van der Waals surface area contributed by atoms with Gasteiger partial charge in [0.2, 0.25) is 0 Å². The van der Waals surface area contributed by atoms with Crippen LogP contribution in [0.25, 0.3) is 0 Å². The first-order valence-corrected chi connectivity index (χ1v) is 15.0. The van der Waals surface area contributed by atoms with Gasteiger partial charge in [-0.1, -0.05) is 76.8 Å². The second kappa shape index (κ2) is 20.8. The van der Waals surface area contributed by atoms with Crippen LogP contribution in [-0.2, 0) is 30.2 Å². The summed E-state index contributed by atoms with van der Waals surface area (Å²) in [4.78, 5) is 0.0325. The zero-order chi connectivity index (χ0) is 27.4. The predicted octanol–water partition coefficient (Wildman–Crippen LogP) is 2.96. The summed E-state index contributed by atoms with van der Waals surface area (Å²) in [5.41, 5.74) is 1.08. The zero-order valence-corrected chi connectivity index (χ0v) is 23.1. The number of aryl methyl sites for hydroxylation is 1. The molecule has 1 aromatic rings. The molecule has 37 heavy (non-hydrogen) atoms. The lowest BCUT2D eigenvalue weighted by Gasteiger charge is -2.15. The summed E-state index contributed by atoms with van der Waals surface area (Å²) >= 11 is 0. The normalized spacial score (nSPS) is 14.5. The van der Waals surface area contributed by atoms with Gasteiger partial charge in [-0.2, -0.15) is 8.42 Å². The van der Waals surface area contributed by atoms with Gasteiger partial charge in [0.1, 0.15) is 18.3 Å². The minimum absolute atomic E-state index is 0.0325. The van der Waals surface area contributed by atoms with E-state index in [-0.39, 0.29) is 31.3 Å². The van der Waals surface area contributed by atoms with Crippen LogP contribution in [-0.4, -0.2) is 86.8 Å². The highest BCUT2D eigenvalue weighted by Gasteiger charge is 2.18. The molecule has 0 bridgehead atoms. The third-order valence-corrected chi connectivity index (χ3v) is 7.19. The van der Waals surface area contributed by atoms with Gasteiger partial charge in [-0.25, -0.2) is 0 Å². The molecule has 3 atom stereocenters. The molecule has 1 rings (SSSR count). The first-order valence-electron chi connectivity index (χ1n) is 13.6. The maximum absolute atomic E-state index is 12.4. The van der Waals surface area contributed by atoms with Crippen LogP contribution in [0.2, 0.25) is 0 Å². The number of benzene rings is 1. The molecular weight excluding hydrogens is 500 g/mol. The topological polar surface area (TPSA) is 143 Å². The van der Waals surface area contributed by atoms with Crippen molar-refractivity contribution in [3.8, 4) is 0 Å². The van der Waals surface area contributed by atoms with Crippen LogP contribution in [0.3, 0.4) is 0 Å². The quantitative estimate of drug-likeness (QED) is 0.113. The fourth-order valence-electron chi connectivity index (χ4n) is 3.70. The number of unbranched alkanes of at least 4 members (excludes halogenated alkanes) is 9. The first kappa shape index (κ1) is 33.9. The van der Waals surface area contributed by atoms with Gasteiger partial charge in [-0.3, -0.25) is 4.18 Å². The monoisotopic (exact) mass is 548 g/mol. The summed E-state index contributed by atoms with van der Waals surface area (Å²) in [7, 11) is -4.01. The largest absolute Gasteiger partial charge is 0.394 e. The molecule has 0 aromatic heterocycles. The van der Waals surface area contributed by atoms with Crippen LogP contribution in [0.1, 0.15) is 76.7 Å². The fraction of sp³-hybridized carbons (Fsp3) is 0.778. The molecule has 0 heterocycles. The summed E-state index contributed by atoms with van der Waals surface area (Å²) in [5.74, 6) is 0. The Hall–Kier alpha value is -1.11.